The molecule has 2 aromatic carbocycles. The lowest BCUT2D eigenvalue weighted by Gasteiger charge is -2.21. The number of nitriles is 1. The SMILES string of the molecule is N#CC(=Cc1cn(CC(=O)O)c2ccccc12)C(=O)N(Cc1ccccc1)C1=COCO1. The first-order valence-corrected chi connectivity index (χ1v) is 9.78. The molecule has 2 heterocycles. The first kappa shape index (κ1) is 20.8. The van der Waals surface area contributed by atoms with E-state index in [-0.39, 0.29) is 31.3 Å². The summed E-state index contributed by atoms with van der Waals surface area (Å²) in [5.41, 5.74) is 2.01. The number of ether oxygens (including phenoxy) is 2. The zero-order valence-corrected chi connectivity index (χ0v) is 17.0. The van der Waals surface area contributed by atoms with Crippen LogP contribution in [-0.2, 0) is 32.2 Å². The fourth-order valence-electron chi connectivity index (χ4n) is 3.50. The number of carboxylic acid groups (broad SMARTS) is 1. The highest BCUT2D eigenvalue weighted by Gasteiger charge is 2.26. The molecule has 1 aliphatic rings. The molecule has 0 radical (unpaired) electrons. The number of para-hydroxylation sites is 1. The molecule has 4 rings (SSSR count). The number of carbonyl (C=O) groups excluding carboxylic acids is 1. The average Bonchev–Trinajstić information content (AvgIpc) is 3.45. The van der Waals surface area contributed by atoms with Crippen molar-refractivity contribution in [3.63, 3.8) is 0 Å². The molecular formula is C24H19N3O5. The van der Waals surface area contributed by atoms with Crippen molar-refractivity contribution in [2.75, 3.05) is 6.79 Å². The van der Waals surface area contributed by atoms with Crippen LogP contribution in [0.4, 0.5) is 0 Å². The van der Waals surface area contributed by atoms with Crippen LogP contribution in [0.15, 0.2) is 78.5 Å². The van der Waals surface area contributed by atoms with E-state index >= 15 is 0 Å². The van der Waals surface area contributed by atoms with E-state index in [1.807, 2.05) is 48.5 Å². The second kappa shape index (κ2) is 9.10. The Bertz CT molecular complexity index is 1270. The topological polar surface area (TPSA) is 105 Å². The average molecular weight is 429 g/mol. The van der Waals surface area contributed by atoms with Gasteiger partial charge in [-0.1, -0.05) is 48.5 Å². The third-order valence-corrected chi connectivity index (χ3v) is 4.93. The van der Waals surface area contributed by atoms with E-state index in [0.717, 1.165) is 10.9 Å². The lowest BCUT2D eigenvalue weighted by Crippen LogP contribution is -2.31. The van der Waals surface area contributed by atoms with E-state index < -0.39 is 11.9 Å². The van der Waals surface area contributed by atoms with Crippen LogP contribution >= 0.6 is 0 Å². The minimum atomic E-state index is -0.989. The van der Waals surface area contributed by atoms with Crippen LogP contribution in [0.1, 0.15) is 11.1 Å². The zero-order chi connectivity index (χ0) is 22.5. The first-order valence-electron chi connectivity index (χ1n) is 9.78. The molecule has 1 N–H and O–H groups in total. The predicted octanol–water partition coefficient (Wildman–Crippen LogP) is 3.46. The summed E-state index contributed by atoms with van der Waals surface area (Å²) in [4.78, 5) is 25.9. The van der Waals surface area contributed by atoms with E-state index in [1.165, 1.54) is 17.2 Å². The number of aliphatic carboxylic acids is 1. The molecule has 1 aliphatic heterocycles. The molecule has 0 fully saturated rings. The lowest BCUT2D eigenvalue weighted by atomic mass is 10.1. The number of hydrogen-bond acceptors (Lipinski definition) is 5. The summed E-state index contributed by atoms with van der Waals surface area (Å²) >= 11 is 0. The Labute approximate surface area is 183 Å². The van der Waals surface area contributed by atoms with Crippen molar-refractivity contribution in [1.29, 1.82) is 5.26 Å². The van der Waals surface area contributed by atoms with Gasteiger partial charge in [0.25, 0.3) is 5.91 Å². The molecule has 8 heteroatoms. The van der Waals surface area contributed by atoms with E-state index in [0.29, 0.717) is 11.1 Å². The van der Waals surface area contributed by atoms with Crippen molar-refractivity contribution < 1.29 is 24.2 Å². The number of aromatic nitrogens is 1. The Morgan fingerprint density at radius 3 is 2.59 bits per heavy atom. The summed E-state index contributed by atoms with van der Waals surface area (Å²) in [6, 6.07) is 18.5. The molecule has 1 aromatic heterocycles. The molecule has 0 spiro atoms. The Hall–Kier alpha value is -4.51. The molecule has 0 saturated carbocycles. The summed E-state index contributed by atoms with van der Waals surface area (Å²) in [7, 11) is 0. The van der Waals surface area contributed by atoms with Crippen LogP contribution in [0, 0.1) is 11.3 Å². The molecule has 0 unspecified atom stereocenters. The maximum Gasteiger partial charge on any atom is 0.323 e. The molecule has 160 valence electrons. The molecule has 0 aliphatic carbocycles. The maximum atomic E-state index is 13.3. The predicted molar refractivity (Wildman–Crippen MR) is 115 cm³/mol. The van der Waals surface area contributed by atoms with Crippen molar-refractivity contribution >= 4 is 28.9 Å². The van der Waals surface area contributed by atoms with E-state index in [4.69, 9.17) is 9.47 Å². The maximum absolute atomic E-state index is 13.3. The van der Waals surface area contributed by atoms with Gasteiger partial charge in [-0.3, -0.25) is 14.5 Å². The number of carboxylic acids is 1. The number of amides is 1. The van der Waals surface area contributed by atoms with Gasteiger partial charge in [0.1, 0.15) is 24.4 Å². The monoisotopic (exact) mass is 429 g/mol. The lowest BCUT2D eigenvalue weighted by molar-refractivity contribution is -0.137. The van der Waals surface area contributed by atoms with Gasteiger partial charge >= 0.3 is 5.97 Å². The molecule has 1 amide bonds. The first-order chi connectivity index (χ1) is 15.6. The van der Waals surface area contributed by atoms with Gasteiger partial charge in [0, 0.05) is 22.7 Å². The number of benzene rings is 2. The molecule has 3 aromatic rings. The highest BCUT2D eigenvalue weighted by molar-refractivity contribution is 6.04. The molecule has 0 saturated heterocycles. The Morgan fingerprint density at radius 2 is 1.91 bits per heavy atom. The van der Waals surface area contributed by atoms with Crippen LogP contribution in [-0.4, -0.2) is 33.2 Å². The van der Waals surface area contributed by atoms with Gasteiger partial charge in [-0.15, -0.1) is 0 Å². The van der Waals surface area contributed by atoms with Crippen LogP contribution in [0.3, 0.4) is 0 Å². The zero-order valence-electron chi connectivity index (χ0n) is 17.0. The molecule has 0 bridgehead atoms. The molecule has 8 nitrogen and oxygen atoms in total. The normalized spacial score (nSPS) is 13.1. The number of nitrogens with zero attached hydrogens (tertiary/aromatic N) is 3. The third kappa shape index (κ3) is 4.32. The fraction of sp³-hybridized carbons (Fsp3) is 0.125. The summed E-state index contributed by atoms with van der Waals surface area (Å²) < 4.78 is 12.1. The smallest absolute Gasteiger partial charge is 0.323 e. The van der Waals surface area contributed by atoms with E-state index in [1.54, 1.807) is 22.9 Å². The highest BCUT2D eigenvalue weighted by Crippen LogP contribution is 2.25. The van der Waals surface area contributed by atoms with Gasteiger partial charge in [-0.2, -0.15) is 5.26 Å². The van der Waals surface area contributed by atoms with Crippen molar-refractivity contribution in [3.8, 4) is 6.07 Å². The van der Waals surface area contributed by atoms with Crippen molar-refractivity contribution in [2.45, 2.75) is 13.1 Å². The van der Waals surface area contributed by atoms with Gasteiger partial charge in [0.2, 0.25) is 12.7 Å². The van der Waals surface area contributed by atoms with Gasteiger partial charge < -0.3 is 19.1 Å². The number of hydrogen-bond donors (Lipinski definition) is 1. The Kier molecular flexibility index (Phi) is 5.90. The Balaban J connectivity index is 1.72. The van der Waals surface area contributed by atoms with Crippen LogP contribution < -0.4 is 0 Å². The van der Waals surface area contributed by atoms with Crippen molar-refractivity contribution in [3.05, 3.63) is 89.6 Å². The summed E-state index contributed by atoms with van der Waals surface area (Å²) in [6.07, 6.45) is 4.44. The van der Waals surface area contributed by atoms with Gasteiger partial charge in [-0.05, 0) is 17.7 Å². The van der Waals surface area contributed by atoms with Gasteiger partial charge in [0.05, 0.1) is 6.54 Å². The second-order valence-electron chi connectivity index (χ2n) is 7.05. The standard InChI is InChI=1S/C24H19N3O5/c25-11-18(10-19-13-26(14-23(28)29)21-9-5-4-8-20(19)21)24(30)27(22-15-31-16-32-22)12-17-6-2-1-3-7-17/h1-10,13,15H,12,14,16H2,(H,28,29). The fourth-order valence-corrected chi connectivity index (χ4v) is 3.50. The number of fused-ring (bicyclic) bond motifs is 1. The second-order valence-corrected chi connectivity index (χ2v) is 7.05. The highest BCUT2D eigenvalue weighted by atomic mass is 16.7. The quantitative estimate of drug-likeness (QED) is 0.456. The van der Waals surface area contributed by atoms with E-state index in [2.05, 4.69) is 0 Å². The number of rotatable bonds is 7. The minimum Gasteiger partial charge on any atom is -0.480 e. The third-order valence-electron chi connectivity index (χ3n) is 4.93. The van der Waals surface area contributed by atoms with Crippen LogP contribution in [0.5, 0.6) is 0 Å². The summed E-state index contributed by atoms with van der Waals surface area (Å²) in [5.74, 6) is -1.33. The van der Waals surface area contributed by atoms with Crippen LogP contribution in [0.25, 0.3) is 17.0 Å². The minimum absolute atomic E-state index is 0.0117. The number of carbonyl (C=O) groups is 2. The Morgan fingerprint density at radius 1 is 1.16 bits per heavy atom. The van der Waals surface area contributed by atoms with Crippen molar-refractivity contribution in [2.24, 2.45) is 0 Å². The molecular weight excluding hydrogens is 410 g/mol. The van der Waals surface area contributed by atoms with Crippen LogP contribution in [0.2, 0.25) is 0 Å². The molecule has 32 heavy (non-hydrogen) atoms. The largest absolute Gasteiger partial charge is 0.480 e. The summed E-state index contributed by atoms with van der Waals surface area (Å²) in [6.45, 7) is -0.0563. The van der Waals surface area contributed by atoms with E-state index in [9.17, 15) is 20.0 Å². The van der Waals surface area contributed by atoms with Gasteiger partial charge in [-0.25, -0.2) is 0 Å². The molecule has 0 atom stereocenters. The van der Waals surface area contributed by atoms with Gasteiger partial charge in [0.15, 0.2) is 0 Å². The van der Waals surface area contributed by atoms with Crippen molar-refractivity contribution in [1.82, 2.24) is 9.47 Å². The summed E-state index contributed by atoms with van der Waals surface area (Å²) in [5, 5.41) is 19.7.